The highest BCUT2D eigenvalue weighted by molar-refractivity contribution is 7.98. The number of sulfonamides is 1. The molecule has 0 aliphatic rings. The summed E-state index contributed by atoms with van der Waals surface area (Å²) in [7, 11) is -3.96. The Morgan fingerprint density at radius 1 is 1.21 bits per heavy atom. The van der Waals surface area contributed by atoms with E-state index >= 15 is 0 Å². The summed E-state index contributed by atoms with van der Waals surface area (Å²) in [5, 5.41) is 8.68. The molecule has 0 aliphatic carbocycles. The standard InChI is InChI=1S/C18H16FN5O3S2/c1-28-18-23-9-12(10-25)17(24-18)22-8-11-2-5-16(21-7-11)14-6-13(29(20,26)27)3-4-15(14)19/h2-7,9-10H,8H2,1H3,(H2,20,26,27)(H,22,23,24). The molecule has 150 valence electrons. The van der Waals surface area contributed by atoms with Gasteiger partial charge in [-0.1, -0.05) is 17.8 Å². The van der Waals surface area contributed by atoms with E-state index in [1.165, 1.54) is 24.2 Å². The molecule has 2 aromatic heterocycles. The summed E-state index contributed by atoms with van der Waals surface area (Å²) in [6.45, 7) is 0.318. The molecule has 2 heterocycles. The Kier molecular flexibility index (Phi) is 6.20. The van der Waals surface area contributed by atoms with Crippen molar-refractivity contribution in [2.45, 2.75) is 16.6 Å². The molecule has 0 amide bonds. The van der Waals surface area contributed by atoms with Crippen LogP contribution in [-0.4, -0.2) is 35.9 Å². The monoisotopic (exact) mass is 433 g/mol. The first-order valence-electron chi connectivity index (χ1n) is 8.19. The maximum Gasteiger partial charge on any atom is 0.238 e. The first-order chi connectivity index (χ1) is 13.8. The number of hydrogen-bond donors (Lipinski definition) is 2. The zero-order valence-corrected chi connectivity index (χ0v) is 16.8. The molecular formula is C18H16FN5O3S2. The van der Waals surface area contributed by atoms with Crippen molar-refractivity contribution in [2.75, 3.05) is 11.6 Å². The summed E-state index contributed by atoms with van der Waals surface area (Å²) in [4.78, 5) is 23.4. The number of aldehydes is 1. The number of thioether (sulfide) groups is 1. The van der Waals surface area contributed by atoms with Crippen molar-refractivity contribution in [2.24, 2.45) is 5.14 Å². The van der Waals surface area contributed by atoms with Crippen LogP contribution in [0.25, 0.3) is 11.3 Å². The van der Waals surface area contributed by atoms with Crippen molar-refractivity contribution in [3.05, 3.63) is 59.7 Å². The average molecular weight is 433 g/mol. The molecule has 0 saturated heterocycles. The highest BCUT2D eigenvalue weighted by atomic mass is 32.2. The predicted molar refractivity (Wildman–Crippen MR) is 108 cm³/mol. The lowest BCUT2D eigenvalue weighted by Gasteiger charge is -2.10. The molecule has 1 aromatic carbocycles. The Labute approximate surface area is 170 Å². The fourth-order valence-electron chi connectivity index (χ4n) is 2.45. The lowest BCUT2D eigenvalue weighted by molar-refractivity contribution is 0.112. The van der Waals surface area contributed by atoms with Crippen LogP contribution in [0.15, 0.2) is 52.8 Å². The van der Waals surface area contributed by atoms with Crippen molar-refractivity contribution < 1.29 is 17.6 Å². The van der Waals surface area contributed by atoms with Crippen LogP contribution in [0.5, 0.6) is 0 Å². The first-order valence-corrected chi connectivity index (χ1v) is 11.0. The van der Waals surface area contributed by atoms with Crippen molar-refractivity contribution in [3.63, 3.8) is 0 Å². The predicted octanol–water partition coefficient (Wildman–Crippen LogP) is 2.47. The molecule has 0 spiro atoms. The number of benzene rings is 1. The molecule has 0 saturated carbocycles. The lowest BCUT2D eigenvalue weighted by atomic mass is 10.1. The number of primary sulfonamides is 1. The van der Waals surface area contributed by atoms with E-state index in [-0.39, 0.29) is 16.2 Å². The number of nitrogens with two attached hydrogens (primary N) is 1. The van der Waals surface area contributed by atoms with Gasteiger partial charge in [-0.05, 0) is 36.1 Å². The normalized spacial score (nSPS) is 11.3. The van der Waals surface area contributed by atoms with Gasteiger partial charge in [0.15, 0.2) is 11.4 Å². The highest BCUT2D eigenvalue weighted by Crippen LogP contribution is 2.24. The van der Waals surface area contributed by atoms with E-state index < -0.39 is 15.8 Å². The van der Waals surface area contributed by atoms with Gasteiger partial charge >= 0.3 is 0 Å². The highest BCUT2D eigenvalue weighted by Gasteiger charge is 2.14. The molecule has 3 aromatic rings. The second kappa shape index (κ2) is 8.64. The summed E-state index contributed by atoms with van der Waals surface area (Å²) < 4.78 is 37.1. The molecule has 8 nitrogen and oxygen atoms in total. The average Bonchev–Trinajstić information content (AvgIpc) is 2.72. The van der Waals surface area contributed by atoms with Crippen molar-refractivity contribution >= 4 is 33.9 Å². The van der Waals surface area contributed by atoms with E-state index in [9.17, 15) is 17.6 Å². The smallest absolute Gasteiger partial charge is 0.238 e. The van der Waals surface area contributed by atoms with E-state index in [2.05, 4.69) is 20.3 Å². The summed E-state index contributed by atoms with van der Waals surface area (Å²) in [5.41, 5.74) is 1.36. The summed E-state index contributed by atoms with van der Waals surface area (Å²) in [6, 6.07) is 6.55. The van der Waals surface area contributed by atoms with Gasteiger partial charge in [-0.3, -0.25) is 9.78 Å². The van der Waals surface area contributed by atoms with Crippen LogP contribution in [0.2, 0.25) is 0 Å². The number of aromatic nitrogens is 3. The fourth-order valence-corrected chi connectivity index (χ4v) is 3.33. The molecule has 0 bridgehead atoms. The van der Waals surface area contributed by atoms with E-state index in [1.807, 2.05) is 6.26 Å². The van der Waals surface area contributed by atoms with Crippen LogP contribution < -0.4 is 10.5 Å². The lowest BCUT2D eigenvalue weighted by Crippen LogP contribution is -2.12. The second-order valence-corrected chi connectivity index (χ2v) is 8.21. The van der Waals surface area contributed by atoms with Gasteiger partial charge in [0, 0.05) is 24.5 Å². The van der Waals surface area contributed by atoms with E-state index in [0.29, 0.717) is 29.4 Å². The molecule has 0 aliphatic heterocycles. The Morgan fingerprint density at radius 2 is 2.00 bits per heavy atom. The van der Waals surface area contributed by atoms with Gasteiger partial charge in [-0.2, -0.15) is 0 Å². The molecule has 11 heteroatoms. The van der Waals surface area contributed by atoms with Crippen molar-refractivity contribution in [3.8, 4) is 11.3 Å². The number of nitrogens with zero attached hydrogens (tertiary/aromatic N) is 3. The summed E-state index contributed by atoms with van der Waals surface area (Å²) in [5.74, 6) is -0.215. The van der Waals surface area contributed by atoms with Crippen LogP contribution >= 0.6 is 11.8 Å². The number of anilines is 1. The Morgan fingerprint density at radius 3 is 2.62 bits per heavy atom. The van der Waals surface area contributed by atoms with Crippen molar-refractivity contribution in [1.29, 1.82) is 0 Å². The minimum Gasteiger partial charge on any atom is -0.365 e. The molecular weight excluding hydrogens is 417 g/mol. The number of hydrogen-bond acceptors (Lipinski definition) is 8. The third-order valence-corrected chi connectivity index (χ3v) is 5.40. The quantitative estimate of drug-likeness (QED) is 0.330. The van der Waals surface area contributed by atoms with Crippen LogP contribution in [-0.2, 0) is 16.6 Å². The summed E-state index contributed by atoms with van der Waals surface area (Å²) >= 11 is 1.35. The zero-order chi connectivity index (χ0) is 21.0. The van der Waals surface area contributed by atoms with Gasteiger partial charge < -0.3 is 5.32 Å². The maximum atomic E-state index is 14.1. The molecule has 3 N–H and O–H groups in total. The second-order valence-electron chi connectivity index (χ2n) is 5.87. The number of nitrogens with one attached hydrogen (secondary N) is 1. The van der Waals surface area contributed by atoms with Gasteiger partial charge in [-0.15, -0.1) is 0 Å². The van der Waals surface area contributed by atoms with Gasteiger partial charge in [0.25, 0.3) is 0 Å². The zero-order valence-electron chi connectivity index (χ0n) is 15.2. The van der Waals surface area contributed by atoms with E-state index in [1.54, 1.807) is 12.1 Å². The molecule has 0 unspecified atom stereocenters. The van der Waals surface area contributed by atoms with Crippen LogP contribution in [0, 0.1) is 5.82 Å². The largest absolute Gasteiger partial charge is 0.365 e. The number of pyridine rings is 1. The van der Waals surface area contributed by atoms with Gasteiger partial charge in [0.1, 0.15) is 11.6 Å². The number of rotatable bonds is 7. The van der Waals surface area contributed by atoms with Crippen LogP contribution in [0.1, 0.15) is 15.9 Å². The Hall–Kier alpha value is -2.89. The third-order valence-electron chi connectivity index (χ3n) is 3.93. The maximum absolute atomic E-state index is 14.1. The molecule has 0 fully saturated rings. The van der Waals surface area contributed by atoms with Crippen LogP contribution in [0.4, 0.5) is 10.2 Å². The van der Waals surface area contributed by atoms with E-state index in [0.717, 1.165) is 23.8 Å². The minimum atomic E-state index is -3.96. The molecule has 0 radical (unpaired) electrons. The Balaban J connectivity index is 1.81. The number of carbonyl (C=O) groups excluding carboxylic acids is 1. The van der Waals surface area contributed by atoms with E-state index in [4.69, 9.17) is 5.14 Å². The van der Waals surface area contributed by atoms with Crippen molar-refractivity contribution in [1.82, 2.24) is 15.0 Å². The Bertz CT molecular complexity index is 1150. The fraction of sp³-hybridized carbons (Fsp3) is 0.111. The summed E-state index contributed by atoms with van der Waals surface area (Å²) in [6.07, 6.45) is 5.45. The number of halogens is 1. The van der Waals surface area contributed by atoms with Gasteiger partial charge in [-0.25, -0.2) is 27.9 Å². The molecule has 3 rings (SSSR count). The first kappa shape index (κ1) is 20.8. The third kappa shape index (κ3) is 4.94. The SMILES string of the molecule is CSc1ncc(C=O)c(NCc2ccc(-c3cc(S(N)(=O)=O)ccc3F)nc2)n1. The van der Waals surface area contributed by atoms with Gasteiger partial charge in [0.05, 0.1) is 16.2 Å². The number of carbonyl (C=O) groups is 1. The topological polar surface area (TPSA) is 128 Å². The molecule has 0 atom stereocenters. The van der Waals surface area contributed by atoms with Crippen LogP contribution in [0.3, 0.4) is 0 Å². The minimum absolute atomic E-state index is 0.0275. The molecule has 29 heavy (non-hydrogen) atoms. The van der Waals surface area contributed by atoms with Gasteiger partial charge in [0.2, 0.25) is 10.0 Å².